The molecule has 4 N–H and O–H groups in total. The molecule has 0 amide bonds. The molecule has 0 spiro atoms. The van der Waals surface area contributed by atoms with Gasteiger partial charge in [-0.15, -0.1) is 0 Å². The van der Waals surface area contributed by atoms with Gasteiger partial charge in [-0.3, -0.25) is 0 Å². The molecule has 2 rings (SSSR count). The number of para-hydroxylation sites is 1. The molecule has 0 bridgehead atoms. The molecule has 1 saturated heterocycles. The number of rotatable bonds is 3. The van der Waals surface area contributed by atoms with Crippen molar-refractivity contribution < 1.29 is 13.2 Å². The SMILES string of the molecule is CC(N)C1CN(c2ccccc2S(N)(=O)=O)CCO1. The van der Waals surface area contributed by atoms with Gasteiger partial charge in [-0.1, -0.05) is 12.1 Å². The topological polar surface area (TPSA) is 98.6 Å². The van der Waals surface area contributed by atoms with Gasteiger partial charge in [0.05, 0.1) is 18.4 Å². The van der Waals surface area contributed by atoms with Crippen LogP contribution in [-0.2, 0) is 14.8 Å². The van der Waals surface area contributed by atoms with Crippen LogP contribution in [0.4, 0.5) is 5.69 Å². The molecule has 1 aliphatic rings. The minimum atomic E-state index is -3.73. The quantitative estimate of drug-likeness (QED) is 0.807. The Balaban J connectivity index is 2.32. The van der Waals surface area contributed by atoms with Crippen LogP contribution in [0.1, 0.15) is 6.92 Å². The second-order valence-electron chi connectivity index (χ2n) is 4.73. The van der Waals surface area contributed by atoms with Gasteiger partial charge < -0.3 is 15.4 Å². The van der Waals surface area contributed by atoms with Crippen LogP contribution in [0, 0.1) is 0 Å². The molecule has 19 heavy (non-hydrogen) atoms. The summed E-state index contributed by atoms with van der Waals surface area (Å²) in [6.45, 7) is 3.57. The van der Waals surface area contributed by atoms with Crippen LogP contribution >= 0.6 is 0 Å². The third-order valence-electron chi connectivity index (χ3n) is 3.19. The molecular formula is C12H19N3O3S. The monoisotopic (exact) mass is 285 g/mol. The van der Waals surface area contributed by atoms with Crippen molar-refractivity contribution in [1.29, 1.82) is 0 Å². The second-order valence-corrected chi connectivity index (χ2v) is 6.26. The zero-order valence-electron chi connectivity index (χ0n) is 10.8. The van der Waals surface area contributed by atoms with E-state index in [0.717, 1.165) is 0 Å². The summed E-state index contributed by atoms with van der Waals surface area (Å²) in [7, 11) is -3.73. The predicted molar refractivity (Wildman–Crippen MR) is 73.4 cm³/mol. The fraction of sp³-hybridized carbons (Fsp3) is 0.500. The molecule has 1 heterocycles. The second kappa shape index (κ2) is 5.46. The van der Waals surface area contributed by atoms with Crippen molar-refractivity contribution in [3.8, 4) is 0 Å². The highest BCUT2D eigenvalue weighted by molar-refractivity contribution is 7.89. The lowest BCUT2D eigenvalue weighted by atomic mass is 10.1. The molecule has 2 unspecified atom stereocenters. The van der Waals surface area contributed by atoms with Gasteiger partial charge in [-0.05, 0) is 19.1 Å². The molecule has 1 aliphatic heterocycles. The van der Waals surface area contributed by atoms with E-state index in [0.29, 0.717) is 25.4 Å². The van der Waals surface area contributed by atoms with E-state index in [1.54, 1.807) is 18.2 Å². The van der Waals surface area contributed by atoms with Crippen LogP contribution in [0.15, 0.2) is 29.2 Å². The number of hydrogen-bond acceptors (Lipinski definition) is 5. The van der Waals surface area contributed by atoms with Crippen molar-refractivity contribution in [2.45, 2.75) is 24.0 Å². The van der Waals surface area contributed by atoms with Crippen molar-refractivity contribution in [3.05, 3.63) is 24.3 Å². The minimum absolute atomic E-state index is 0.107. The maximum absolute atomic E-state index is 11.6. The first kappa shape index (κ1) is 14.3. The van der Waals surface area contributed by atoms with Gasteiger partial charge in [-0.25, -0.2) is 13.6 Å². The Bertz CT molecular complexity index is 545. The Morgan fingerprint density at radius 3 is 2.74 bits per heavy atom. The van der Waals surface area contributed by atoms with E-state index >= 15 is 0 Å². The lowest BCUT2D eigenvalue weighted by Crippen LogP contribution is -2.50. The number of ether oxygens (including phenoxy) is 1. The molecule has 0 saturated carbocycles. The zero-order valence-corrected chi connectivity index (χ0v) is 11.6. The summed E-state index contributed by atoms with van der Waals surface area (Å²) in [5.74, 6) is 0. The van der Waals surface area contributed by atoms with Crippen molar-refractivity contribution in [1.82, 2.24) is 0 Å². The number of primary sulfonamides is 1. The number of morpholine rings is 1. The maximum Gasteiger partial charge on any atom is 0.240 e. The Morgan fingerprint density at radius 2 is 2.11 bits per heavy atom. The van der Waals surface area contributed by atoms with Crippen LogP contribution < -0.4 is 15.8 Å². The maximum atomic E-state index is 11.6. The molecule has 1 fully saturated rings. The summed E-state index contributed by atoms with van der Waals surface area (Å²) in [6.07, 6.45) is -0.109. The van der Waals surface area contributed by atoms with Gasteiger partial charge in [0.1, 0.15) is 4.90 Å². The number of sulfonamides is 1. The van der Waals surface area contributed by atoms with E-state index in [1.165, 1.54) is 6.07 Å². The Hall–Kier alpha value is -1.15. The van der Waals surface area contributed by atoms with Crippen molar-refractivity contribution in [2.24, 2.45) is 10.9 Å². The number of hydrogen-bond donors (Lipinski definition) is 2. The summed E-state index contributed by atoms with van der Waals surface area (Å²) < 4.78 is 28.8. The van der Waals surface area contributed by atoms with Crippen molar-refractivity contribution in [3.63, 3.8) is 0 Å². The van der Waals surface area contributed by atoms with Crippen LogP contribution in [0.25, 0.3) is 0 Å². The molecule has 1 aromatic carbocycles. The summed E-state index contributed by atoms with van der Waals surface area (Å²) in [4.78, 5) is 2.09. The van der Waals surface area contributed by atoms with E-state index in [-0.39, 0.29) is 17.0 Å². The van der Waals surface area contributed by atoms with Gasteiger partial charge >= 0.3 is 0 Å². The molecule has 0 aromatic heterocycles. The van der Waals surface area contributed by atoms with Gasteiger partial charge in [-0.2, -0.15) is 0 Å². The molecule has 106 valence electrons. The normalized spacial score (nSPS) is 22.3. The molecule has 0 aliphatic carbocycles. The number of benzene rings is 1. The van der Waals surface area contributed by atoms with Gasteiger partial charge in [0.25, 0.3) is 0 Å². The molecule has 6 nitrogen and oxygen atoms in total. The number of nitrogens with zero attached hydrogens (tertiary/aromatic N) is 1. The first-order chi connectivity index (χ1) is 8.89. The molecule has 2 atom stereocenters. The Kier molecular flexibility index (Phi) is 4.10. The van der Waals surface area contributed by atoms with Crippen LogP contribution in [0.3, 0.4) is 0 Å². The van der Waals surface area contributed by atoms with E-state index in [4.69, 9.17) is 15.6 Å². The fourth-order valence-corrected chi connectivity index (χ4v) is 2.93. The van der Waals surface area contributed by atoms with E-state index in [1.807, 2.05) is 11.8 Å². The highest BCUT2D eigenvalue weighted by Crippen LogP contribution is 2.26. The lowest BCUT2D eigenvalue weighted by Gasteiger charge is -2.36. The summed E-state index contributed by atoms with van der Waals surface area (Å²) >= 11 is 0. The highest BCUT2D eigenvalue weighted by Gasteiger charge is 2.26. The first-order valence-electron chi connectivity index (χ1n) is 6.13. The molecule has 7 heteroatoms. The zero-order chi connectivity index (χ0) is 14.0. The molecule has 1 aromatic rings. The molecular weight excluding hydrogens is 266 g/mol. The van der Waals surface area contributed by atoms with E-state index in [9.17, 15) is 8.42 Å². The minimum Gasteiger partial charge on any atom is -0.373 e. The van der Waals surface area contributed by atoms with Crippen molar-refractivity contribution >= 4 is 15.7 Å². The standard InChI is InChI=1S/C12H19N3O3S/c1-9(13)11-8-15(6-7-18-11)10-4-2-3-5-12(10)19(14,16)17/h2-5,9,11H,6-8,13H2,1H3,(H2,14,16,17). The fourth-order valence-electron chi connectivity index (χ4n) is 2.17. The number of nitrogens with two attached hydrogens (primary N) is 2. The number of anilines is 1. The third-order valence-corrected chi connectivity index (χ3v) is 4.15. The van der Waals surface area contributed by atoms with Crippen LogP contribution in [0.2, 0.25) is 0 Å². The van der Waals surface area contributed by atoms with E-state index in [2.05, 4.69) is 0 Å². The average Bonchev–Trinajstić information content (AvgIpc) is 2.38. The highest BCUT2D eigenvalue weighted by atomic mass is 32.2. The average molecular weight is 285 g/mol. The van der Waals surface area contributed by atoms with E-state index < -0.39 is 10.0 Å². The smallest absolute Gasteiger partial charge is 0.240 e. The Morgan fingerprint density at radius 1 is 1.42 bits per heavy atom. The predicted octanol–water partition coefficient (Wildman–Crippen LogP) is -0.114. The first-order valence-corrected chi connectivity index (χ1v) is 7.68. The van der Waals surface area contributed by atoms with Crippen molar-refractivity contribution in [2.75, 3.05) is 24.6 Å². The lowest BCUT2D eigenvalue weighted by molar-refractivity contribution is 0.0274. The molecule has 0 radical (unpaired) electrons. The third kappa shape index (κ3) is 3.24. The summed E-state index contributed by atoms with van der Waals surface area (Å²) in [5.41, 5.74) is 6.45. The summed E-state index contributed by atoms with van der Waals surface area (Å²) in [5, 5.41) is 5.25. The summed E-state index contributed by atoms with van der Waals surface area (Å²) in [6, 6.07) is 6.61. The van der Waals surface area contributed by atoms with Gasteiger partial charge in [0.2, 0.25) is 10.0 Å². The van der Waals surface area contributed by atoms with Gasteiger partial charge in [0, 0.05) is 19.1 Å². The van der Waals surface area contributed by atoms with Crippen LogP contribution in [-0.4, -0.2) is 40.3 Å². The largest absolute Gasteiger partial charge is 0.373 e. The van der Waals surface area contributed by atoms with Crippen LogP contribution in [0.5, 0.6) is 0 Å². The Labute approximate surface area is 113 Å². The van der Waals surface area contributed by atoms with Gasteiger partial charge in [0.15, 0.2) is 0 Å².